The summed E-state index contributed by atoms with van der Waals surface area (Å²) in [5, 5.41) is 10.00. The molecule has 0 saturated heterocycles. The van der Waals surface area contributed by atoms with E-state index in [1.807, 2.05) is 18.2 Å². The van der Waals surface area contributed by atoms with Crippen LogP contribution in [0.3, 0.4) is 0 Å². The Balaban J connectivity index is 1.43. The smallest absolute Gasteiger partial charge is 0.137 e. The predicted molar refractivity (Wildman–Crippen MR) is 166 cm³/mol. The molecule has 4 heteroatoms. The van der Waals surface area contributed by atoms with Gasteiger partial charge in [0.1, 0.15) is 22.3 Å². The van der Waals surface area contributed by atoms with E-state index in [-0.39, 0.29) is 0 Å². The van der Waals surface area contributed by atoms with Gasteiger partial charge in [0.15, 0.2) is 0 Å². The van der Waals surface area contributed by atoms with Gasteiger partial charge in [-0.25, -0.2) is 0 Å². The van der Waals surface area contributed by atoms with Crippen LogP contribution in [0.2, 0.25) is 5.02 Å². The summed E-state index contributed by atoms with van der Waals surface area (Å²) in [7, 11) is 0. The number of halogens is 1. The third-order valence-corrected chi connectivity index (χ3v) is 8.80. The van der Waals surface area contributed by atoms with Crippen molar-refractivity contribution in [3.63, 3.8) is 0 Å². The fourth-order valence-corrected chi connectivity index (χ4v) is 7.08. The van der Waals surface area contributed by atoms with Crippen molar-refractivity contribution in [2.45, 2.75) is 0 Å². The molecule has 4 heterocycles. The Labute approximate surface area is 231 Å². The summed E-state index contributed by atoms with van der Waals surface area (Å²) in [6, 6.07) is 38.4. The van der Waals surface area contributed by atoms with Gasteiger partial charge in [-0.05, 0) is 83.2 Å². The number of nitrogens with zero attached hydrogens (tertiary/aromatic N) is 1. The number of rotatable bonds is 1. The minimum absolute atomic E-state index is 0.703. The van der Waals surface area contributed by atoms with Crippen molar-refractivity contribution in [3.05, 3.63) is 114 Å². The largest absolute Gasteiger partial charge is 0.456 e. The zero-order chi connectivity index (χ0) is 26.1. The molecule has 0 unspecified atom stereocenters. The third-order valence-electron chi connectivity index (χ3n) is 8.56. The van der Waals surface area contributed by atoms with Crippen LogP contribution in [0.25, 0.3) is 93.1 Å². The fourth-order valence-electron chi connectivity index (χ4n) is 6.91. The number of furan rings is 2. The number of hydrogen-bond donors (Lipinski definition) is 0. The molecule has 0 aliphatic rings. The molecule has 0 fully saturated rings. The van der Waals surface area contributed by atoms with Crippen molar-refractivity contribution in [1.29, 1.82) is 0 Å². The lowest BCUT2D eigenvalue weighted by atomic mass is 9.97. The normalized spacial score (nSPS) is 12.6. The molecule has 10 aromatic rings. The lowest BCUT2D eigenvalue weighted by Gasteiger charge is -2.07. The van der Waals surface area contributed by atoms with E-state index in [1.54, 1.807) is 0 Å². The van der Waals surface area contributed by atoms with Crippen LogP contribution in [0.4, 0.5) is 0 Å². The van der Waals surface area contributed by atoms with Crippen molar-refractivity contribution in [1.82, 2.24) is 4.40 Å². The zero-order valence-corrected chi connectivity index (χ0v) is 21.8. The van der Waals surface area contributed by atoms with Crippen molar-refractivity contribution < 1.29 is 8.83 Å². The van der Waals surface area contributed by atoms with Gasteiger partial charge in [0.25, 0.3) is 0 Å². The van der Waals surface area contributed by atoms with Gasteiger partial charge in [0.2, 0.25) is 0 Å². The Hall–Kier alpha value is -4.99. The summed E-state index contributed by atoms with van der Waals surface area (Å²) in [6.07, 6.45) is 0. The van der Waals surface area contributed by atoms with Gasteiger partial charge in [-0.15, -0.1) is 0 Å². The zero-order valence-electron chi connectivity index (χ0n) is 21.0. The summed E-state index contributed by atoms with van der Waals surface area (Å²) in [5.41, 5.74) is 9.39. The van der Waals surface area contributed by atoms with Gasteiger partial charge >= 0.3 is 0 Å². The van der Waals surface area contributed by atoms with Gasteiger partial charge in [-0.3, -0.25) is 0 Å². The van der Waals surface area contributed by atoms with Crippen LogP contribution in [0.15, 0.2) is 118 Å². The Bertz CT molecular complexity index is 2670. The molecule has 10 rings (SSSR count). The van der Waals surface area contributed by atoms with Crippen LogP contribution in [0, 0.1) is 0 Å². The first-order valence-corrected chi connectivity index (χ1v) is 13.8. The number of aromatic nitrogens is 1. The molecule has 186 valence electrons. The summed E-state index contributed by atoms with van der Waals surface area (Å²) < 4.78 is 14.9. The molecular weight excluding hydrogens is 514 g/mol. The van der Waals surface area contributed by atoms with Gasteiger partial charge in [-0.1, -0.05) is 54.1 Å². The number of benzene rings is 6. The summed E-state index contributed by atoms with van der Waals surface area (Å²) >= 11 is 6.37. The molecule has 0 spiro atoms. The Morgan fingerprint density at radius 3 is 2.00 bits per heavy atom. The highest BCUT2D eigenvalue weighted by Gasteiger charge is 2.21. The average Bonchev–Trinajstić information content (AvgIpc) is 3.62. The maximum atomic E-state index is 6.38. The minimum Gasteiger partial charge on any atom is -0.456 e. The fraction of sp³-hybridized carbons (Fsp3) is 0. The van der Waals surface area contributed by atoms with E-state index >= 15 is 0 Å². The first-order chi connectivity index (χ1) is 19.7. The monoisotopic (exact) mass is 531 g/mol. The minimum atomic E-state index is 0.703. The summed E-state index contributed by atoms with van der Waals surface area (Å²) in [6.45, 7) is 0. The van der Waals surface area contributed by atoms with Gasteiger partial charge in [0.05, 0.1) is 21.9 Å². The molecular formula is C36H18ClNO2. The Kier molecular flexibility index (Phi) is 3.74. The first kappa shape index (κ1) is 20.9. The van der Waals surface area contributed by atoms with Gasteiger partial charge in [0, 0.05) is 37.3 Å². The van der Waals surface area contributed by atoms with E-state index in [4.69, 9.17) is 20.4 Å². The van der Waals surface area contributed by atoms with Crippen LogP contribution in [0.5, 0.6) is 0 Å². The average molecular weight is 532 g/mol. The topological polar surface area (TPSA) is 30.7 Å². The number of hydrogen-bond acceptors (Lipinski definition) is 2. The van der Waals surface area contributed by atoms with E-state index in [1.165, 1.54) is 38.0 Å². The number of para-hydroxylation sites is 1. The van der Waals surface area contributed by atoms with Crippen LogP contribution >= 0.6 is 11.6 Å². The molecule has 6 aromatic carbocycles. The van der Waals surface area contributed by atoms with E-state index in [2.05, 4.69) is 95.4 Å². The molecule has 0 amide bonds. The molecule has 0 atom stereocenters. The molecule has 0 radical (unpaired) electrons. The second-order valence-electron chi connectivity index (χ2n) is 10.7. The van der Waals surface area contributed by atoms with E-state index < -0.39 is 0 Å². The predicted octanol–water partition coefficient (Wildman–Crippen LogP) is 11.0. The lowest BCUT2D eigenvalue weighted by Crippen LogP contribution is -1.85. The molecule has 0 aliphatic carbocycles. The molecule has 40 heavy (non-hydrogen) atoms. The maximum Gasteiger partial charge on any atom is 0.137 e. The second-order valence-corrected chi connectivity index (χ2v) is 11.1. The SMILES string of the molecule is Clc1ccc2oc3ccc(-c4cc5c6cccc7oc8cccc(c8c76)n6c7ccccc7c(c4)c56)cc3c2c1. The second kappa shape index (κ2) is 7.15. The Morgan fingerprint density at radius 2 is 1.10 bits per heavy atom. The highest BCUT2D eigenvalue weighted by atomic mass is 35.5. The highest BCUT2D eigenvalue weighted by molar-refractivity contribution is 6.32. The first-order valence-electron chi connectivity index (χ1n) is 13.4. The van der Waals surface area contributed by atoms with E-state index in [9.17, 15) is 0 Å². The van der Waals surface area contributed by atoms with Gasteiger partial charge in [-0.2, -0.15) is 0 Å². The van der Waals surface area contributed by atoms with E-state index in [0.717, 1.165) is 55.1 Å². The van der Waals surface area contributed by atoms with Crippen LogP contribution in [-0.4, -0.2) is 4.40 Å². The molecule has 4 aromatic heterocycles. The molecule has 0 aliphatic heterocycles. The molecule has 3 nitrogen and oxygen atoms in total. The van der Waals surface area contributed by atoms with Crippen LogP contribution in [0.1, 0.15) is 0 Å². The van der Waals surface area contributed by atoms with Crippen molar-refractivity contribution in [3.8, 4) is 11.1 Å². The lowest BCUT2D eigenvalue weighted by molar-refractivity contribution is 0.668. The maximum absolute atomic E-state index is 6.38. The summed E-state index contributed by atoms with van der Waals surface area (Å²) in [5.74, 6) is 0. The van der Waals surface area contributed by atoms with Gasteiger partial charge < -0.3 is 13.2 Å². The molecule has 0 bridgehead atoms. The molecule has 0 N–H and O–H groups in total. The Morgan fingerprint density at radius 1 is 0.450 bits per heavy atom. The van der Waals surface area contributed by atoms with Crippen molar-refractivity contribution >= 4 is 93.6 Å². The standard InChI is InChI=1S/C36H18ClNO2/c37-21-12-14-31-25(18-21)24-15-19(11-13-30(24)39-31)20-16-26-22-5-1-2-7-28(22)38-29-8-4-10-33-35(29)34-23(27(17-20)36(26)38)6-3-9-32(34)40-33/h1-18H. The highest BCUT2D eigenvalue weighted by Crippen LogP contribution is 2.45. The van der Waals surface area contributed by atoms with E-state index in [0.29, 0.717) is 5.02 Å². The van der Waals surface area contributed by atoms with Crippen LogP contribution in [-0.2, 0) is 0 Å². The third kappa shape index (κ3) is 2.51. The van der Waals surface area contributed by atoms with Crippen molar-refractivity contribution in [2.75, 3.05) is 0 Å². The molecule has 0 saturated carbocycles. The van der Waals surface area contributed by atoms with Crippen molar-refractivity contribution in [2.24, 2.45) is 0 Å². The quantitative estimate of drug-likeness (QED) is 0.211. The summed E-state index contributed by atoms with van der Waals surface area (Å²) in [4.78, 5) is 0. The van der Waals surface area contributed by atoms with Crippen LogP contribution < -0.4 is 0 Å². The number of fused-ring (bicyclic) bond motifs is 8.